The Morgan fingerprint density at radius 2 is 1.54 bits per heavy atom. The molecule has 138 valence electrons. The Labute approximate surface area is 164 Å². The maximum absolute atomic E-state index is 12.8. The van der Waals surface area contributed by atoms with Crippen molar-refractivity contribution in [1.29, 1.82) is 0 Å². The number of fused-ring (bicyclic) bond motifs is 4. The normalized spacial score (nSPS) is 15.2. The lowest BCUT2D eigenvalue weighted by Gasteiger charge is -2.29. The molecule has 1 aromatic heterocycles. The largest absolute Gasteiger partial charge is 0.374 e. The molecule has 0 amide bonds. The zero-order valence-electron chi connectivity index (χ0n) is 16.0. The van der Waals surface area contributed by atoms with Gasteiger partial charge in [0.2, 0.25) is 5.91 Å². The zero-order valence-corrected chi connectivity index (χ0v) is 16.0. The summed E-state index contributed by atoms with van der Waals surface area (Å²) in [6.07, 6.45) is 2.02. The van der Waals surface area contributed by atoms with E-state index < -0.39 is 0 Å². The van der Waals surface area contributed by atoms with Crippen LogP contribution in [0.25, 0.3) is 22.0 Å². The molecule has 1 aliphatic heterocycles. The van der Waals surface area contributed by atoms with Gasteiger partial charge in [0.05, 0.1) is 11.6 Å². The summed E-state index contributed by atoms with van der Waals surface area (Å²) >= 11 is 0. The lowest BCUT2D eigenvalue weighted by atomic mass is 9.86. The summed E-state index contributed by atoms with van der Waals surface area (Å²) in [5, 5.41) is 4.83. The van der Waals surface area contributed by atoms with E-state index in [-0.39, 0.29) is 17.9 Å². The minimum absolute atomic E-state index is 0.00258. The number of hydrogen-bond acceptors (Lipinski definition) is 2. The van der Waals surface area contributed by atoms with E-state index in [1.165, 1.54) is 16.7 Å². The van der Waals surface area contributed by atoms with Crippen LogP contribution in [-0.2, 0) is 0 Å². The van der Waals surface area contributed by atoms with Gasteiger partial charge in [0.15, 0.2) is 0 Å². The highest BCUT2D eigenvalue weighted by Crippen LogP contribution is 2.44. The number of benzene rings is 3. The first kappa shape index (κ1) is 16.8. The highest BCUT2D eigenvalue weighted by atomic mass is 16.2. The molecule has 0 aliphatic carbocycles. The van der Waals surface area contributed by atoms with Crippen LogP contribution in [0.15, 0.2) is 79.0 Å². The van der Waals surface area contributed by atoms with Crippen molar-refractivity contribution in [2.75, 3.05) is 5.32 Å². The molecule has 0 radical (unpaired) electrons. The average molecular weight is 366 g/mol. The van der Waals surface area contributed by atoms with Gasteiger partial charge in [-0.3, -0.25) is 9.36 Å². The van der Waals surface area contributed by atoms with Crippen molar-refractivity contribution in [2.24, 2.45) is 5.92 Å². The number of nitrogens with zero attached hydrogens (tertiary/aromatic N) is 1. The van der Waals surface area contributed by atoms with Crippen molar-refractivity contribution >= 4 is 22.5 Å². The fourth-order valence-corrected chi connectivity index (χ4v) is 4.21. The number of carbonyl (C=O) groups is 1. The van der Waals surface area contributed by atoms with E-state index in [0.717, 1.165) is 22.2 Å². The summed E-state index contributed by atoms with van der Waals surface area (Å²) in [6, 6.07) is 25.1. The number of anilines is 1. The van der Waals surface area contributed by atoms with Crippen LogP contribution >= 0.6 is 0 Å². The molecule has 0 saturated heterocycles. The summed E-state index contributed by atoms with van der Waals surface area (Å²) in [7, 11) is 0. The molecule has 0 fully saturated rings. The van der Waals surface area contributed by atoms with Gasteiger partial charge in [-0.2, -0.15) is 0 Å². The Morgan fingerprint density at radius 1 is 0.857 bits per heavy atom. The Hall–Kier alpha value is -3.33. The summed E-state index contributed by atoms with van der Waals surface area (Å²) in [6.45, 7) is 3.89. The van der Waals surface area contributed by atoms with E-state index in [0.29, 0.717) is 0 Å². The Kier molecular flexibility index (Phi) is 3.83. The molecule has 0 bridgehead atoms. The van der Waals surface area contributed by atoms with E-state index in [2.05, 4.69) is 59.9 Å². The second-order valence-corrected chi connectivity index (χ2v) is 7.67. The number of para-hydroxylation sites is 2. The van der Waals surface area contributed by atoms with Crippen molar-refractivity contribution in [3.05, 3.63) is 90.1 Å². The zero-order chi connectivity index (χ0) is 19.3. The molecule has 1 aliphatic rings. The smallest absolute Gasteiger partial charge is 0.233 e. The third-order valence-electron chi connectivity index (χ3n) is 5.57. The molecule has 28 heavy (non-hydrogen) atoms. The van der Waals surface area contributed by atoms with Crippen molar-refractivity contribution < 1.29 is 4.79 Å². The first-order chi connectivity index (χ1) is 13.6. The summed E-state index contributed by atoms with van der Waals surface area (Å²) in [4.78, 5) is 12.8. The number of carbonyl (C=O) groups excluding carboxylic acids is 1. The van der Waals surface area contributed by atoms with E-state index in [4.69, 9.17) is 0 Å². The third-order valence-corrected chi connectivity index (χ3v) is 5.57. The average Bonchev–Trinajstić information content (AvgIpc) is 3.12. The number of hydrogen-bond donors (Lipinski definition) is 1. The fraction of sp³-hybridized carbons (Fsp3) is 0.160. The molecule has 3 aromatic carbocycles. The van der Waals surface area contributed by atoms with Crippen LogP contribution in [0.5, 0.6) is 0 Å². The molecule has 4 aromatic rings. The molecule has 3 heteroatoms. The molecular formula is C25H22N2O. The summed E-state index contributed by atoms with van der Waals surface area (Å²) in [5.41, 5.74) is 6.92. The van der Waals surface area contributed by atoms with E-state index in [1.807, 2.05) is 42.8 Å². The highest BCUT2D eigenvalue weighted by Gasteiger charge is 2.28. The van der Waals surface area contributed by atoms with Gasteiger partial charge in [-0.15, -0.1) is 0 Å². The molecular weight excluding hydrogens is 344 g/mol. The number of rotatable bonds is 2. The van der Waals surface area contributed by atoms with Gasteiger partial charge < -0.3 is 5.32 Å². The van der Waals surface area contributed by atoms with Gasteiger partial charge in [0.25, 0.3) is 0 Å². The van der Waals surface area contributed by atoms with Crippen molar-refractivity contribution in [2.45, 2.75) is 19.9 Å². The summed E-state index contributed by atoms with van der Waals surface area (Å²) in [5.74, 6) is 0.0583. The van der Waals surface area contributed by atoms with Crippen LogP contribution < -0.4 is 5.32 Å². The Balaban J connectivity index is 1.75. The molecule has 1 atom stereocenters. The lowest BCUT2D eigenvalue weighted by Crippen LogP contribution is -2.18. The lowest BCUT2D eigenvalue weighted by molar-refractivity contribution is 0.0860. The van der Waals surface area contributed by atoms with Gasteiger partial charge >= 0.3 is 0 Å². The van der Waals surface area contributed by atoms with Crippen LogP contribution in [0.4, 0.5) is 5.69 Å². The van der Waals surface area contributed by atoms with Crippen molar-refractivity contribution in [3.8, 4) is 11.1 Å². The third kappa shape index (κ3) is 2.47. The minimum Gasteiger partial charge on any atom is -0.374 e. The SMILES string of the molecule is CC(C)C(=O)n1cc(C2Nc3ccccc3-c3ccccc32)c2ccccc21. The highest BCUT2D eigenvalue weighted by molar-refractivity contribution is 5.96. The van der Waals surface area contributed by atoms with Gasteiger partial charge in [0, 0.05) is 34.3 Å². The van der Waals surface area contributed by atoms with Crippen molar-refractivity contribution in [1.82, 2.24) is 4.57 Å². The molecule has 0 spiro atoms. The van der Waals surface area contributed by atoms with Gasteiger partial charge in [-0.25, -0.2) is 0 Å². The van der Waals surface area contributed by atoms with Crippen LogP contribution in [0.1, 0.15) is 35.8 Å². The van der Waals surface area contributed by atoms with Gasteiger partial charge in [-0.1, -0.05) is 74.5 Å². The fourth-order valence-electron chi connectivity index (χ4n) is 4.21. The van der Waals surface area contributed by atoms with E-state index in [9.17, 15) is 4.79 Å². The van der Waals surface area contributed by atoms with E-state index >= 15 is 0 Å². The summed E-state index contributed by atoms with van der Waals surface area (Å²) < 4.78 is 1.82. The predicted molar refractivity (Wildman–Crippen MR) is 115 cm³/mol. The second kappa shape index (κ2) is 6.38. The number of aromatic nitrogens is 1. The molecule has 2 heterocycles. The first-order valence-corrected chi connectivity index (χ1v) is 9.74. The Morgan fingerprint density at radius 3 is 2.36 bits per heavy atom. The molecule has 5 rings (SSSR count). The maximum Gasteiger partial charge on any atom is 0.233 e. The van der Waals surface area contributed by atoms with Gasteiger partial charge in [0.1, 0.15) is 0 Å². The Bertz CT molecular complexity index is 1200. The van der Waals surface area contributed by atoms with Crippen LogP contribution in [-0.4, -0.2) is 10.5 Å². The molecule has 1 unspecified atom stereocenters. The predicted octanol–water partition coefficient (Wildman–Crippen LogP) is 6.12. The minimum atomic E-state index is -0.0593. The van der Waals surface area contributed by atoms with Crippen LogP contribution in [0.3, 0.4) is 0 Å². The second-order valence-electron chi connectivity index (χ2n) is 7.67. The van der Waals surface area contributed by atoms with Gasteiger partial charge in [-0.05, 0) is 23.3 Å². The maximum atomic E-state index is 12.8. The first-order valence-electron chi connectivity index (χ1n) is 9.74. The molecule has 1 N–H and O–H groups in total. The molecule has 0 saturated carbocycles. The van der Waals surface area contributed by atoms with E-state index in [1.54, 1.807) is 0 Å². The molecule has 3 nitrogen and oxygen atoms in total. The van der Waals surface area contributed by atoms with Crippen LogP contribution in [0, 0.1) is 5.92 Å². The van der Waals surface area contributed by atoms with Crippen LogP contribution in [0.2, 0.25) is 0 Å². The van der Waals surface area contributed by atoms with Crippen molar-refractivity contribution in [3.63, 3.8) is 0 Å². The quantitative estimate of drug-likeness (QED) is 0.464. The number of nitrogens with one attached hydrogen (secondary N) is 1. The monoisotopic (exact) mass is 366 g/mol. The standard InChI is InChI=1S/C25H22N2O/c1-16(2)25(28)27-15-21(19-11-6-8-14-23(19)27)24-20-12-4-3-9-17(20)18-10-5-7-13-22(18)26-24/h3-16,24,26H,1-2H3. The topological polar surface area (TPSA) is 34.0 Å².